The van der Waals surface area contributed by atoms with Gasteiger partial charge >= 0.3 is 0 Å². The fraction of sp³-hybridized carbons (Fsp3) is 0.400. The van der Waals surface area contributed by atoms with Crippen molar-refractivity contribution in [3.8, 4) is 5.75 Å². The van der Waals surface area contributed by atoms with Crippen LogP contribution in [0.3, 0.4) is 0 Å². The summed E-state index contributed by atoms with van der Waals surface area (Å²) in [6.07, 6.45) is 0. The molecule has 1 aliphatic heterocycles. The van der Waals surface area contributed by atoms with E-state index in [9.17, 15) is 8.42 Å². The lowest BCUT2D eigenvalue weighted by Gasteiger charge is -2.30. The van der Waals surface area contributed by atoms with Crippen molar-refractivity contribution in [2.45, 2.75) is 6.92 Å². The molecule has 1 aliphatic rings. The molecule has 16 heavy (non-hydrogen) atoms. The van der Waals surface area contributed by atoms with Crippen LogP contribution >= 0.6 is 15.9 Å². The first kappa shape index (κ1) is 11.7. The van der Waals surface area contributed by atoms with E-state index in [1.807, 2.05) is 6.07 Å². The fourth-order valence-electron chi connectivity index (χ4n) is 1.61. The van der Waals surface area contributed by atoms with Crippen LogP contribution in [-0.4, -0.2) is 27.3 Å². The molecule has 0 radical (unpaired) electrons. The van der Waals surface area contributed by atoms with Crippen LogP contribution in [0.1, 0.15) is 6.92 Å². The van der Waals surface area contributed by atoms with Crippen molar-refractivity contribution in [2.24, 2.45) is 0 Å². The SMILES string of the molecule is CCS(=O)(=O)N1CCOc2ccc(Br)cc21. The van der Waals surface area contributed by atoms with Gasteiger partial charge in [0.2, 0.25) is 10.0 Å². The summed E-state index contributed by atoms with van der Waals surface area (Å²) in [5.74, 6) is 0.713. The monoisotopic (exact) mass is 305 g/mol. The predicted octanol–water partition coefficient (Wildman–Crippen LogP) is 2.00. The molecule has 0 saturated carbocycles. The second-order valence-electron chi connectivity index (χ2n) is 3.43. The Kier molecular flexibility index (Phi) is 3.12. The Bertz CT molecular complexity index is 501. The molecule has 4 nitrogen and oxygen atoms in total. The first-order chi connectivity index (χ1) is 7.54. The van der Waals surface area contributed by atoms with Crippen molar-refractivity contribution >= 4 is 31.6 Å². The zero-order valence-corrected chi connectivity index (χ0v) is 11.2. The number of benzene rings is 1. The van der Waals surface area contributed by atoms with E-state index in [1.54, 1.807) is 19.1 Å². The van der Waals surface area contributed by atoms with Gasteiger partial charge in [-0.1, -0.05) is 15.9 Å². The number of hydrogen-bond acceptors (Lipinski definition) is 3. The largest absolute Gasteiger partial charge is 0.489 e. The zero-order valence-electron chi connectivity index (χ0n) is 8.81. The Balaban J connectivity index is 2.51. The highest BCUT2D eigenvalue weighted by Gasteiger charge is 2.27. The minimum absolute atomic E-state index is 0.0962. The van der Waals surface area contributed by atoms with Crippen molar-refractivity contribution in [3.63, 3.8) is 0 Å². The highest BCUT2D eigenvalue weighted by Crippen LogP contribution is 2.35. The summed E-state index contributed by atoms with van der Waals surface area (Å²) in [6, 6.07) is 5.37. The maximum absolute atomic E-state index is 11.9. The van der Waals surface area contributed by atoms with E-state index in [4.69, 9.17) is 4.74 Å². The highest BCUT2D eigenvalue weighted by molar-refractivity contribution is 9.10. The zero-order chi connectivity index (χ0) is 11.8. The van der Waals surface area contributed by atoms with E-state index >= 15 is 0 Å². The van der Waals surface area contributed by atoms with Crippen LogP contribution in [-0.2, 0) is 10.0 Å². The van der Waals surface area contributed by atoms with Gasteiger partial charge in [0.25, 0.3) is 0 Å². The van der Waals surface area contributed by atoms with Gasteiger partial charge in [0.05, 0.1) is 18.0 Å². The Morgan fingerprint density at radius 1 is 1.50 bits per heavy atom. The topological polar surface area (TPSA) is 46.6 Å². The summed E-state index contributed by atoms with van der Waals surface area (Å²) in [5, 5.41) is 0. The molecule has 0 amide bonds. The normalized spacial score (nSPS) is 15.5. The van der Waals surface area contributed by atoms with E-state index in [0.29, 0.717) is 24.6 Å². The van der Waals surface area contributed by atoms with Crippen LogP contribution in [0.4, 0.5) is 5.69 Å². The standard InChI is InChI=1S/C10H12BrNO3S/c1-2-16(13,14)12-5-6-15-10-4-3-8(11)7-9(10)12/h3-4,7H,2,5-6H2,1H3. The number of hydrogen-bond donors (Lipinski definition) is 0. The lowest BCUT2D eigenvalue weighted by Crippen LogP contribution is -2.38. The van der Waals surface area contributed by atoms with Gasteiger partial charge in [-0.05, 0) is 25.1 Å². The molecule has 2 rings (SSSR count). The Morgan fingerprint density at radius 2 is 2.25 bits per heavy atom. The number of fused-ring (bicyclic) bond motifs is 1. The minimum Gasteiger partial charge on any atom is -0.489 e. The highest BCUT2D eigenvalue weighted by atomic mass is 79.9. The summed E-state index contributed by atoms with van der Waals surface area (Å²) < 4.78 is 31.4. The molecular formula is C10H12BrNO3S. The van der Waals surface area contributed by atoms with Crippen LogP contribution in [0.5, 0.6) is 5.75 Å². The molecular weight excluding hydrogens is 294 g/mol. The van der Waals surface area contributed by atoms with Crippen molar-refractivity contribution < 1.29 is 13.2 Å². The van der Waals surface area contributed by atoms with Crippen molar-refractivity contribution in [1.82, 2.24) is 0 Å². The third-order valence-electron chi connectivity index (χ3n) is 2.44. The van der Waals surface area contributed by atoms with Crippen LogP contribution in [0.2, 0.25) is 0 Å². The third-order valence-corrected chi connectivity index (χ3v) is 4.72. The first-order valence-electron chi connectivity index (χ1n) is 4.97. The number of rotatable bonds is 2. The summed E-state index contributed by atoms with van der Waals surface area (Å²) in [7, 11) is -3.22. The molecule has 6 heteroatoms. The smallest absolute Gasteiger partial charge is 0.235 e. The lowest BCUT2D eigenvalue weighted by molar-refractivity contribution is 0.316. The Hall–Kier alpha value is -0.750. The first-order valence-corrected chi connectivity index (χ1v) is 7.37. The maximum atomic E-state index is 11.9. The molecule has 1 aromatic rings. The number of halogens is 1. The fourth-order valence-corrected chi connectivity index (χ4v) is 3.07. The summed E-state index contributed by atoms with van der Waals surface area (Å²) in [4.78, 5) is 0. The van der Waals surface area contributed by atoms with E-state index in [2.05, 4.69) is 15.9 Å². The molecule has 0 aromatic heterocycles. The average Bonchev–Trinajstić information content (AvgIpc) is 2.28. The molecule has 1 aromatic carbocycles. The average molecular weight is 306 g/mol. The number of sulfonamides is 1. The van der Waals surface area contributed by atoms with Gasteiger partial charge in [-0.3, -0.25) is 4.31 Å². The van der Waals surface area contributed by atoms with E-state index in [-0.39, 0.29) is 5.75 Å². The molecule has 0 bridgehead atoms. The van der Waals surface area contributed by atoms with Crippen LogP contribution in [0.15, 0.2) is 22.7 Å². The number of anilines is 1. The predicted molar refractivity (Wildman–Crippen MR) is 66.4 cm³/mol. The molecule has 0 unspecified atom stereocenters. The minimum atomic E-state index is -3.22. The van der Waals surface area contributed by atoms with Gasteiger partial charge in [-0.2, -0.15) is 0 Å². The molecule has 88 valence electrons. The van der Waals surface area contributed by atoms with Gasteiger partial charge in [-0.25, -0.2) is 8.42 Å². The quantitative estimate of drug-likeness (QED) is 0.839. The van der Waals surface area contributed by atoms with E-state index in [0.717, 1.165) is 4.47 Å². The van der Waals surface area contributed by atoms with Crippen molar-refractivity contribution in [1.29, 1.82) is 0 Å². The van der Waals surface area contributed by atoms with Crippen molar-refractivity contribution in [2.75, 3.05) is 23.2 Å². The Morgan fingerprint density at radius 3 is 2.94 bits per heavy atom. The second kappa shape index (κ2) is 4.25. The van der Waals surface area contributed by atoms with Gasteiger partial charge in [-0.15, -0.1) is 0 Å². The molecule has 0 aliphatic carbocycles. The summed E-state index contributed by atoms with van der Waals surface area (Å²) in [5.41, 5.74) is 0.613. The Labute approximate surface area is 103 Å². The second-order valence-corrected chi connectivity index (χ2v) is 6.53. The van der Waals surface area contributed by atoms with Gasteiger partial charge in [0, 0.05) is 4.47 Å². The summed E-state index contributed by atoms with van der Waals surface area (Å²) in [6.45, 7) is 2.41. The van der Waals surface area contributed by atoms with Crippen LogP contribution in [0, 0.1) is 0 Å². The number of nitrogens with zero attached hydrogens (tertiary/aromatic N) is 1. The van der Waals surface area contributed by atoms with Crippen LogP contribution < -0.4 is 9.04 Å². The van der Waals surface area contributed by atoms with Gasteiger partial charge < -0.3 is 4.74 Å². The molecule has 0 atom stereocenters. The summed E-state index contributed by atoms with van der Waals surface area (Å²) >= 11 is 3.33. The molecule has 0 N–H and O–H groups in total. The van der Waals surface area contributed by atoms with Gasteiger partial charge in [0.1, 0.15) is 12.4 Å². The third kappa shape index (κ3) is 2.04. The van der Waals surface area contributed by atoms with E-state index < -0.39 is 10.0 Å². The molecule has 1 heterocycles. The van der Waals surface area contributed by atoms with Gasteiger partial charge in [0.15, 0.2) is 0 Å². The van der Waals surface area contributed by atoms with E-state index in [1.165, 1.54) is 4.31 Å². The van der Waals surface area contributed by atoms with Crippen LogP contribution in [0.25, 0.3) is 0 Å². The molecule has 0 saturated heterocycles. The molecule has 0 fully saturated rings. The molecule has 0 spiro atoms. The number of ether oxygens (including phenoxy) is 1. The van der Waals surface area contributed by atoms with Crippen molar-refractivity contribution in [3.05, 3.63) is 22.7 Å². The maximum Gasteiger partial charge on any atom is 0.235 e. The lowest BCUT2D eigenvalue weighted by atomic mass is 10.2.